The Bertz CT molecular complexity index is 358. The number of rotatable bonds is 5. The molecule has 2 heterocycles. The van der Waals surface area contributed by atoms with Crippen LogP contribution in [0.4, 0.5) is 0 Å². The molecule has 0 bridgehead atoms. The summed E-state index contributed by atoms with van der Waals surface area (Å²) in [6, 6.07) is 2.73. The number of hydrogen-bond donors (Lipinski definition) is 2. The van der Waals surface area contributed by atoms with Crippen LogP contribution in [0.25, 0.3) is 0 Å². The summed E-state index contributed by atoms with van der Waals surface area (Å²) in [7, 11) is 0. The Labute approximate surface area is 120 Å². The first-order valence-corrected chi connectivity index (χ1v) is 8.27. The Morgan fingerprint density at radius 1 is 1.47 bits per heavy atom. The minimum absolute atomic E-state index is 0.179. The molecule has 0 aliphatic carbocycles. The highest BCUT2D eigenvalue weighted by atomic mass is 32.1. The summed E-state index contributed by atoms with van der Waals surface area (Å²) < 4.78 is 0. The zero-order chi connectivity index (χ0) is 13.8. The molecule has 2 rings (SSSR count). The van der Waals surface area contributed by atoms with E-state index in [2.05, 4.69) is 28.7 Å². The highest BCUT2D eigenvalue weighted by molar-refractivity contribution is 7.07. The molecule has 0 radical (unpaired) electrons. The molecule has 108 valence electrons. The Balaban J connectivity index is 2.05. The lowest BCUT2D eigenvalue weighted by molar-refractivity contribution is 0.0496. The van der Waals surface area contributed by atoms with E-state index in [0.29, 0.717) is 12.0 Å². The van der Waals surface area contributed by atoms with Crippen molar-refractivity contribution in [2.45, 2.75) is 51.3 Å². The second-order valence-corrected chi connectivity index (χ2v) is 6.47. The number of aliphatic hydroxyl groups is 1. The van der Waals surface area contributed by atoms with Crippen molar-refractivity contribution < 1.29 is 5.11 Å². The summed E-state index contributed by atoms with van der Waals surface area (Å²) in [5, 5.41) is 14.1. The average Bonchev–Trinajstić information content (AvgIpc) is 2.93. The minimum Gasteiger partial charge on any atom is -0.393 e. The number of hydrogen-bond acceptors (Lipinski definition) is 4. The first-order chi connectivity index (χ1) is 9.13. The molecular formula is C15H26N2OS. The van der Waals surface area contributed by atoms with Gasteiger partial charge in [0.1, 0.15) is 0 Å². The summed E-state index contributed by atoms with van der Waals surface area (Å²) >= 11 is 1.74. The monoisotopic (exact) mass is 282 g/mol. The third-order valence-corrected chi connectivity index (χ3v) is 5.11. The second-order valence-electron chi connectivity index (χ2n) is 5.69. The predicted octanol–water partition coefficient (Wildman–Crippen LogP) is 2.62. The van der Waals surface area contributed by atoms with Crippen LogP contribution in [0.1, 0.15) is 44.7 Å². The van der Waals surface area contributed by atoms with E-state index in [-0.39, 0.29) is 12.1 Å². The Morgan fingerprint density at radius 3 is 2.63 bits per heavy atom. The number of aliphatic hydroxyl groups excluding tert-OH is 1. The van der Waals surface area contributed by atoms with Gasteiger partial charge in [0.05, 0.1) is 12.1 Å². The summed E-state index contributed by atoms with van der Waals surface area (Å²) in [6.45, 7) is 6.16. The number of thiophene rings is 1. The molecule has 3 unspecified atom stereocenters. The van der Waals surface area contributed by atoms with Gasteiger partial charge in [0.25, 0.3) is 0 Å². The van der Waals surface area contributed by atoms with Gasteiger partial charge in [0.2, 0.25) is 0 Å². The molecule has 1 aromatic rings. The van der Waals surface area contributed by atoms with Gasteiger partial charge in [-0.15, -0.1) is 0 Å². The number of likely N-dealkylation sites (tertiary alicyclic amines) is 1. The molecule has 3 atom stereocenters. The first-order valence-electron chi connectivity index (χ1n) is 7.33. The smallest absolute Gasteiger partial charge is 0.0541 e. The van der Waals surface area contributed by atoms with Crippen LogP contribution in [0.2, 0.25) is 0 Å². The van der Waals surface area contributed by atoms with E-state index >= 15 is 0 Å². The lowest BCUT2D eigenvalue weighted by atomic mass is 9.89. The van der Waals surface area contributed by atoms with Crippen LogP contribution in [0.15, 0.2) is 16.8 Å². The van der Waals surface area contributed by atoms with Crippen molar-refractivity contribution in [3.8, 4) is 0 Å². The van der Waals surface area contributed by atoms with Crippen molar-refractivity contribution in [3.63, 3.8) is 0 Å². The number of nitrogens with two attached hydrogens (primary N) is 1. The fourth-order valence-corrected chi connectivity index (χ4v) is 3.76. The zero-order valence-electron chi connectivity index (χ0n) is 12.0. The summed E-state index contributed by atoms with van der Waals surface area (Å²) in [5.74, 6) is 0.456. The van der Waals surface area contributed by atoms with Crippen molar-refractivity contribution >= 4 is 11.3 Å². The fourth-order valence-electron chi connectivity index (χ4n) is 3.08. The topological polar surface area (TPSA) is 49.5 Å². The van der Waals surface area contributed by atoms with Gasteiger partial charge in [-0.2, -0.15) is 11.3 Å². The molecular weight excluding hydrogens is 256 g/mol. The van der Waals surface area contributed by atoms with Crippen LogP contribution in [-0.2, 0) is 0 Å². The predicted molar refractivity (Wildman–Crippen MR) is 81.3 cm³/mol. The number of piperidine rings is 1. The Morgan fingerprint density at radius 2 is 2.16 bits per heavy atom. The van der Waals surface area contributed by atoms with Gasteiger partial charge in [-0.05, 0) is 67.6 Å². The summed E-state index contributed by atoms with van der Waals surface area (Å²) in [5.41, 5.74) is 7.70. The lowest BCUT2D eigenvalue weighted by Crippen LogP contribution is -2.45. The van der Waals surface area contributed by atoms with E-state index in [1.165, 1.54) is 5.56 Å². The van der Waals surface area contributed by atoms with Crippen LogP contribution in [-0.4, -0.2) is 35.2 Å². The van der Waals surface area contributed by atoms with E-state index in [9.17, 15) is 5.11 Å². The molecule has 0 aromatic carbocycles. The van der Waals surface area contributed by atoms with Crippen LogP contribution < -0.4 is 5.73 Å². The highest BCUT2D eigenvalue weighted by Crippen LogP contribution is 2.31. The maximum Gasteiger partial charge on any atom is 0.0541 e. The molecule has 1 saturated heterocycles. The summed E-state index contributed by atoms with van der Waals surface area (Å²) in [4.78, 5) is 2.51. The van der Waals surface area contributed by atoms with E-state index in [1.54, 1.807) is 11.3 Å². The van der Waals surface area contributed by atoms with Crippen LogP contribution in [0, 0.1) is 5.92 Å². The van der Waals surface area contributed by atoms with Gasteiger partial charge in [-0.3, -0.25) is 4.90 Å². The quantitative estimate of drug-likeness (QED) is 0.873. The minimum atomic E-state index is -0.179. The van der Waals surface area contributed by atoms with E-state index in [1.807, 2.05) is 6.92 Å². The second kappa shape index (κ2) is 6.84. The molecule has 3 N–H and O–H groups in total. The van der Waals surface area contributed by atoms with E-state index in [0.717, 1.165) is 32.4 Å². The SMILES string of the molecule is CCC(N)C(c1ccsc1)N1CCC(C(C)O)CC1. The Hall–Kier alpha value is -0.420. The van der Waals surface area contributed by atoms with Gasteiger partial charge >= 0.3 is 0 Å². The maximum atomic E-state index is 9.70. The molecule has 0 spiro atoms. The maximum absolute atomic E-state index is 9.70. The molecule has 0 amide bonds. The molecule has 0 saturated carbocycles. The van der Waals surface area contributed by atoms with E-state index < -0.39 is 0 Å². The fraction of sp³-hybridized carbons (Fsp3) is 0.733. The van der Waals surface area contributed by atoms with Gasteiger partial charge in [0, 0.05) is 6.04 Å². The van der Waals surface area contributed by atoms with Crippen molar-refractivity contribution in [1.29, 1.82) is 0 Å². The van der Waals surface area contributed by atoms with Gasteiger partial charge in [-0.1, -0.05) is 6.92 Å². The molecule has 3 nitrogen and oxygen atoms in total. The standard InChI is InChI=1S/C15H26N2OS/c1-3-14(16)15(13-6-9-19-10-13)17-7-4-12(5-8-17)11(2)18/h6,9-12,14-15,18H,3-5,7-8,16H2,1-2H3. The lowest BCUT2D eigenvalue weighted by Gasteiger charge is -2.40. The highest BCUT2D eigenvalue weighted by Gasteiger charge is 2.30. The van der Waals surface area contributed by atoms with Crippen LogP contribution in [0.5, 0.6) is 0 Å². The summed E-state index contributed by atoms with van der Waals surface area (Å²) in [6.07, 6.45) is 2.97. The molecule has 4 heteroatoms. The first kappa shape index (κ1) is 15.0. The number of nitrogens with zero attached hydrogens (tertiary/aromatic N) is 1. The molecule has 19 heavy (non-hydrogen) atoms. The van der Waals surface area contributed by atoms with E-state index in [4.69, 9.17) is 5.73 Å². The third-order valence-electron chi connectivity index (χ3n) is 4.41. The molecule has 1 aromatic heterocycles. The van der Waals surface area contributed by atoms with Crippen molar-refractivity contribution in [1.82, 2.24) is 4.90 Å². The third kappa shape index (κ3) is 3.57. The Kier molecular flexibility index (Phi) is 5.39. The van der Waals surface area contributed by atoms with Crippen LogP contribution in [0.3, 0.4) is 0 Å². The van der Waals surface area contributed by atoms with Gasteiger partial charge in [0.15, 0.2) is 0 Å². The molecule has 1 aliphatic rings. The van der Waals surface area contributed by atoms with Crippen molar-refractivity contribution in [2.24, 2.45) is 11.7 Å². The van der Waals surface area contributed by atoms with Crippen LogP contribution >= 0.6 is 11.3 Å². The largest absolute Gasteiger partial charge is 0.393 e. The van der Waals surface area contributed by atoms with Gasteiger partial charge < -0.3 is 10.8 Å². The van der Waals surface area contributed by atoms with Crippen molar-refractivity contribution in [2.75, 3.05) is 13.1 Å². The van der Waals surface area contributed by atoms with Crippen molar-refractivity contribution in [3.05, 3.63) is 22.4 Å². The molecule has 1 aliphatic heterocycles. The molecule has 1 fully saturated rings. The zero-order valence-corrected chi connectivity index (χ0v) is 12.8. The van der Waals surface area contributed by atoms with Gasteiger partial charge in [-0.25, -0.2) is 0 Å². The normalized spacial score (nSPS) is 23.2. The average molecular weight is 282 g/mol.